The number of halogens is 2. The minimum atomic E-state index is -3.25. The first-order valence-corrected chi connectivity index (χ1v) is 24.5. The van der Waals surface area contributed by atoms with Crippen molar-refractivity contribution in [3.05, 3.63) is 82.0 Å². The first kappa shape index (κ1) is 42.8. The molecule has 0 spiro atoms. The van der Waals surface area contributed by atoms with Gasteiger partial charge in [-0.05, 0) is 119 Å². The topological polar surface area (TPSA) is 208 Å². The number of hydrogen-bond acceptors (Lipinski definition) is 14. The van der Waals surface area contributed by atoms with Crippen molar-refractivity contribution < 1.29 is 27.0 Å². The molecule has 1 saturated heterocycles. The fraction of sp³-hybridized carbons (Fsp3) is 0.385. The number of sulfone groups is 2. The number of rotatable bonds is 12. The lowest BCUT2D eigenvalue weighted by molar-refractivity contribution is 0.214. The Morgan fingerprint density at radius 3 is 1.78 bits per heavy atom. The summed E-state index contributed by atoms with van der Waals surface area (Å²) in [4.78, 5) is 12.3. The number of anilines is 6. The highest BCUT2D eigenvalue weighted by molar-refractivity contribution is 9.11. The Hall–Kier alpha value is -4.34. The molecule has 16 nitrogen and oxygen atoms in total. The number of aromatic nitrogens is 6. The van der Waals surface area contributed by atoms with Gasteiger partial charge in [0, 0.05) is 55.2 Å². The number of aliphatic hydroxyl groups is 2. The second kappa shape index (κ2) is 17.7. The van der Waals surface area contributed by atoms with Crippen molar-refractivity contribution in [2.45, 2.75) is 72.7 Å². The third kappa shape index (κ3) is 9.84. The lowest BCUT2D eigenvalue weighted by Gasteiger charge is -2.36. The van der Waals surface area contributed by atoms with Crippen molar-refractivity contribution in [1.29, 1.82) is 0 Å². The molecule has 1 aliphatic heterocycles. The number of benzene rings is 2. The van der Waals surface area contributed by atoms with Crippen molar-refractivity contribution >= 4 is 97.5 Å². The molecule has 4 aromatic heterocycles. The number of nitrogens with zero attached hydrogens (tertiary/aromatic N) is 7. The first-order chi connectivity index (χ1) is 28.2. The molecule has 59 heavy (non-hydrogen) atoms. The van der Waals surface area contributed by atoms with Crippen molar-refractivity contribution in [2.24, 2.45) is 0 Å². The molecular weight excluding hydrogens is 928 g/mol. The fourth-order valence-electron chi connectivity index (χ4n) is 7.51. The smallest absolute Gasteiger partial charge is 0.175 e. The number of nitrogens with one attached hydrogen (secondary N) is 3. The Balaban J connectivity index is 0.000000179. The highest BCUT2D eigenvalue weighted by atomic mass is 79.9. The van der Waals surface area contributed by atoms with Crippen LogP contribution in [0.4, 0.5) is 34.6 Å². The van der Waals surface area contributed by atoms with Crippen LogP contribution in [0.1, 0.15) is 51.4 Å². The van der Waals surface area contributed by atoms with Gasteiger partial charge in [-0.25, -0.2) is 26.8 Å². The summed E-state index contributed by atoms with van der Waals surface area (Å²) in [5.41, 5.74) is 2.44. The van der Waals surface area contributed by atoms with Gasteiger partial charge in [0.25, 0.3) is 0 Å². The van der Waals surface area contributed by atoms with E-state index in [4.69, 9.17) is 4.98 Å². The van der Waals surface area contributed by atoms with E-state index in [9.17, 15) is 27.0 Å². The zero-order valence-corrected chi connectivity index (χ0v) is 37.3. The van der Waals surface area contributed by atoms with Gasteiger partial charge in [0.2, 0.25) is 0 Å². The highest BCUT2D eigenvalue weighted by Gasteiger charge is 2.34. The maximum atomic E-state index is 11.7. The van der Waals surface area contributed by atoms with Gasteiger partial charge < -0.3 is 31.1 Å². The van der Waals surface area contributed by atoms with Gasteiger partial charge in [-0.15, -0.1) is 0 Å². The molecule has 6 aromatic rings. The Morgan fingerprint density at radius 1 is 0.746 bits per heavy atom. The molecule has 1 aliphatic carbocycles. The van der Waals surface area contributed by atoms with Gasteiger partial charge in [-0.3, -0.25) is 0 Å². The molecule has 1 atom stereocenters. The fourth-order valence-corrected chi connectivity index (χ4v) is 9.47. The quantitative estimate of drug-likeness (QED) is 0.0862. The molecule has 5 N–H and O–H groups in total. The van der Waals surface area contributed by atoms with Crippen molar-refractivity contribution in [2.75, 3.05) is 53.1 Å². The lowest BCUT2D eigenvalue weighted by Crippen LogP contribution is -2.40. The monoisotopic (exact) mass is 972 g/mol. The van der Waals surface area contributed by atoms with Crippen LogP contribution in [0.3, 0.4) is 0 Å². The zero-order valence-electron chi connectivity index (χ0n) is 32.5. The summed E-state index contributed by atoms with van der Waals surface area (Å²) in [5.74, 6) is 2.87. The first-order valence-electron chi connectivity index (χ1n) is 19.2. The van der Waals surface area contributed by atoms with E-state index in [1.807, 2.05) is 12.1 Å². The normalized spacial score (nSPS) is 16.8. The minimum absolute atomic E-state index is 0.0516. The third-order valence-corrected chi connectivity index (χ3v) is 14.0. The van der Waals surface area contributed by atoms with Crippen LogP contribution < -0.4 is 20.9 Å². The predicted octanol–water partition coefficient (Wildman–Crippen LogP) is 6.74. The molecule has 1 unspecified atom stereocenters. The highest BCUT2D eigenvalue weighted by Crippen LogP contribution is 2.35. The van der Waals surface area contributed by atoms with E-state index in [-0.39, 0.29) is 34.6 Å². The van der Waals surface area contributed by atoms with E-state index < -0.39 is 19.7 Å². The molecule has 20 heteroatoms. The minimum Gasteiger partial charge on any atom is -0.396 e. The van der Waals surface area contributed by atoms with Gasteiger partial charge in [0.15, 0.2) is 31.0 Å². The van der Waals surface area contributed by atoms with Crippen molar-refractivity contribution in [3.8, 4) is 0 Å². The Kier molecular flexibility index (Phi) is 12.8. The molecule has 2 aliphatic rings. The molecule has 8 rings (SSSR count). The molecule has 5 heterocycles. The van der Waals surface area contributed by atoms with E-state index in [1.165, 1.54) is 12.5 Å². The van der Waals surface area contributed by atoms with Gasteiger partial charge in [-0.2, -0.15) is 19.2 Å². The SMILES string of the molecule is CS(=O)(=O)c1ccc(Nc2cc(N3CCCCC3CCO)nc3c(Br)cnn23)cc1.CS(=O)(=O)c1ccc(Nc2cc(NC3(CO)CCCC3)nc3c(Br)cnn23)cc1. The largest absolute Gasteiger partial charge is 0.396 e. The van der Waals surface area contributed by atoms with E-state index >= 15 is 0 Å². The van der Waals surface area contributed by atoms with Crippen molar-refractivity contribution in [3.63, 3.8) is 0 Å². The predicted molar refractivity (Wildman–Crippen MR) is 236 cm³/mol. The average Bonchev–Trinajstić information content (AvgIpc) is 3.94. The molecule has 2 aromatic carbocycles. The molecule has 0 bridgehead atoms. The van der Waals surface area contributed by atoms with E-state index in [1.54, 1.807) is 70.0 Å². The Morgan fingerprint density at radius 2 is 1.27 bits per heavy atom. The van der Waals surface area contributed by atoms with Crippen LogP contribution in [-0.2, 0) is 19.7 Å². The zero-order chi connectivity index (χ0) is 42.0. The molecular formula is C39H46Br2N10O6S2. The molecule has 0 radical (unpaired) electrons. The molecule has 1 saturated carbocycles. The summed E-state index contributed by atoms with van der Waals surface area (Å²) < 4.78 is 51.7. The van der Waals surface area contributed by atoms with Crippen LogP contribution in [0.5, 0.6) is 0 Å². The molecule has 314 valence electrons. The number of aliphatic hydroxyl groups excluding tert-OH is 2. The van der Waals surface area contributed by atoms with E-state index in [2.05, 4.69) is 67.9 Å². The van der Waals surface area contributed by atoms with E-state index in [0.717, 1.165) is 83.4 Å². The van der Waals surface area contributed by atoms with Gasteiger partial charge in [0.05, 0.1) is 43.3 Å². The van der Waals surface area contributed by atoms with Crippen LogP contribution in [0, 0.1) is 0 Å². The van der Waals surface area contributed by atoms with Gasteiger partial charge in [-0.1, -0.05) is 12.8 Å². The average molecular weight is 975 g/mol. The van der Waals surface area contributed by atoms with Crippen LogP contribution in [0.15, 0.2) is 91.8 Å². The Labute approximate surface area is 359 Å². The Bertz CT molecular complexity index is 2650. The standard InChI is InChI=1S/C20H24BrN5O3S.C19H22BrN5O3S/c1-30(28,29)16-7-5-14(6-8-16)23-19-12-18(24-20-17(21)13-22-26(19)20)25-10-3-2-4-15(25)9-11-27;1-29(27,28)14-6-4-13(5-7-14)22-17-10-16(23-18-15(20)11-21-25(17)18)24-19(12-26)8-2-3-9-19/h5-8,12-13,15,23,27H,2-4,9-11H2,1H3;4-7,10-11,22,26H,2-3,8-9,12H2,1H3,(H,23,24). The number of fused-ring (bicyclic) bond motifs is 2. The van der Waals surface area contributed by atoms with Crippen molar-refractivity contribution in [1.82, 2.24) is 29.2 Å². The third-order valence-electron chi connectivity index (χ3n) is 10.6. The van der Waals surface area contributed by atoms with Gasteiger partial charge >= 0.3 is 0 Å². The van der Waals surface area contributed by atoms with Gasteiger partial charge in [0.1, 0.15) is 23.3 Å². The summed E-state index contributed by atoms with van der Waals surface area (Å²) in [7, 11) is -6.49. The second-order valence-corrected chi connectivity index (χ2v) is 20.7. The van der Waals surface area contributed by atoms with Crippen LogP contribution >= 0.6 is 31.9 Å². The maximum absolute atomic E-state index is 11.7. The van der Waals surface area contributed by atoms with Crippen LogP contribution in [0.2, 0.25) is 0 Å². The number of piperidine rings is 1. The molecule has 0 amide bonds. The summed E-state index contributed by atoms with van der Waals surface area (Å²) in [5, 5.41) is 38.2. The number of hydrogen-bond donors (Lipinski definition) is 5. The summed E-state index contributed by atoms with van der Waals surface area (Å²) >= 11 is 7.00. The molecule has 2 fully saturated rings. The second-order valence-electron chi connectivity index (χ2n) is 15.0. The van der Waals surface area contributed by atoms with Crippen LogP contribution in [-0.4, -0.2) is 100 Å². The summed E-state index contributed by atoms with van der Waals surface area (Å²) in [6.45, 7) is 1.09. The van der Waals surface area contributed by atoms with E-state index in [0.29, 0.717) is 29.4 Å². The summed E-state index contributed by atoms with van der Waals surface area (Å²) in [6.07, 6.45) is 13.7. The lowest BCUT2D eigenvalue weighted by atomic mass is 9.99. The van der Waals surface area contributed by atoms with Crippen LogP contribution in [0.25, 0.3) is 11.3 Å². The summed E-state index contributed by atoms with van der Waals surface area (Å²) in [6, 6.07) is 17.2. The maximum Gasteiger partial charge on any atom is 0.175 e.